The number of thiophene rings is 1. The van der Waals surface area contributed by atoms with Crippen LogP contribution in [-0.4, -0.2) is 31.0 Å². The Morgan fingerprint density at radius 3 is 2.39 bits per heavy atom. The highest BCUT2D eigenvalue weighted by atomic mass is 35.5. The zero-order chi connectivity index (χ0) is 23.7. The third-order valence-corrected chi connectivity index (χ3v) is 6.48. The van der Waals surface area contributed by atoms with Crippen molar-refractivity contribution in [3.05, 3.63) is 80.5 Å². The number of nitrogens with zero attached hydrogens (tertiary/aromatic N) is 2. The average Bonchev–Trinajstić information content (AvgIpc) is 3.45. The number of hydrogen-bond donors (Lipinski definition) is 1. The highest BCUT2D eigenvalue weighted by Gasteiger charge is 2.47. The summed E-state index contributed by atoms with van der Waals surface area (Å²) in [6.07, 6.45) is 0. The van der Waals surface area contributed by atoms with Crippen LogP contribution in [0, 0.1) is 11.3 Å². The molecule has 1 amide bonds. The van der Waals surface area contributed by atoms with Gasteiger partial charge in [-0.3, -0.25) is 14.5 Å². The first-order valence-corrected chi connectivity index (χ1v) is 10.9. The number of carbonyl (C=O) groups is 2. The smallest absolute Gasteiger partial charge is 0.300 e. The van der Waals surface area contributed by atoms with Crippen molar-refractivity contribution in [3.8, 4) is 17.6 Å². The van der Waals surface area contributed by atoms with Crippen LogP contribution in [-0.2, 0) is 9.59 Å². The maximum atomic E-state index is 13.2. The topological polar surface area (TPSA) is 99.9 Å². The maximum absolute atomic E-state index is 13.2. The number of Topliss-reactive ketones (excluding diaryl/α,β-unsaturated/α-hetero) is 1. The first-order valence-electron chi connectivity index (χ1n) is 9.67. The molecular weight excluding hydrogens is 464 g/mol. The van der Waals surface area contributed by atoms with E-state index in [-0.39, 0.29) is 21.9 Å². The minimum absolute atomic E-state index is 0.0913. The molecule has 1 fully saturated rings. The summed E-state index contributed by atoms with van der Waals surface area (Å²) in [5, 5.41) is 22.4. The Hall–Kier alpha value is -3.80. The maximum Gasteiger partial charge on any atom is 0.300 e. The summed E-state index contributed by atoms with van der Waals surface area (Å²) >= 11 is 7.61. The van der Waals surface area contributed by atoms with E-state index in [1.54, 1.807) is 36.4 Å². The van der Waals surface area contributed by atoms with E-state index in [0.717, 1.165) is 0 Å². The number of carbonyl (C=O) groups excluding carboxylic acids is 2. The van der Waals surface area contributed by atoms with E-state index >= 15 is 0 Å². The fourth-order valence-corrected chi connectivity index (χ4v) is 4.77. The summed E-state index contributed by atoms with van der Waals surface area (Å²) in [6.45, 7) is 0. The Labute approximate surface area is 198 Å². The molecule has 1 atom stereocenters. The van der Waals surface area contributed by atoms with E-state index < -0.39 is 23.5 Å². The van der Waals surface area contributed by atoms with Crippen LogP contribution in [0.4, 0.5) is 5.69 Å². The fourth-order valence-electron chi connectivity index (χ4n) is 3.70. The Balaban J connectivity index is 1.94. The molecule has 1 aromatic heterocycles. The Morgan fingerprint density at radius 1 is 1.12 bits per heavy atom. The van der Waals surface area contributed by atoms with Gasteiger partial charge in [-0.05, 0) is 41.8 Å². The molecule has 0 spiro atoms. The summed E-state index contributed by atoms with van der Waals surface area (Å²) in [6, 6.07) is 14.0. The molecule has 1 unspecified atom stereocenters. The number of anilines is 1. The zero-order valence-corrected chi connectivity index (χ0v) is 19.1. The van der Waals surface area contributed by atoms with Crippen LogP contribution in [0.25, 0.3) is 5.76 Å². The Bertz CT molecular complexity index is 1310. The molecule has 3 aromatic rings. The van der Waals surface area contributed by atoms with Crippen LogP contribution in [0.3, 0.4) is 0 Å². The number of amides is 1. The molecule has 1 aliphatic heterocycles. The van der Waals surface area contributed by atoms with Gasteiger partial charge >= 0.3 is 0 Å². The monoisotopic (exact) mass is 480 g/mol. The van der Waals surface area contributed by atoms with Crippen LogP contribution in [0.5, 0.6) is 11.5 Å². The van der Waals surface area contributed by atoms with Gasteiger partial charge in [0.1, 0.15) is 23.3 Å². The number of ether oxygens (including phenoxy) is 2. The molecule has 166 valence electrons. The van der Waals surface area contributed by atoms with Gasteiger partial charge in [0.05, 0.1) is 42.0 Å². The van der Waals surface area contributed by atoms with Crippen molar-refractivity contribution in [2.75, 3.05) is 19.1 Å². The van der Waals surface area contributed by atoms with Crippen LogP contribution in [0.1, 0.15) is 22.0 Å². The van der Waals surface area contributed by atoms with Crippen molar-refractivity contribution in [2.24, 2.45) is 0 Å². The summed E-state index contributed by atoms with van der Waals surface area (Å²) in [5.74, 6) is -1.49. The third kappa shape index (κ3) is 3.82. The SMILES string of the molecule is COc1cc(OC)c(/C(O)=C2/C(=O)C(=O)N(c3ccc(C#N)cc3)C2c2cccs2)cc1Cl. The van der Waals surface area contributed by atoms with E-state index in [0.29, 0.717) is 21.9 Å². The van der Waals surface area contributed by atoms with E-state index in [9.17, 15) is 14.7 Å². The summed E-state index contributed by atoms with van der Waals surface area (Å²) < 4.78 is 10.6. The molecule has 2 heterocycles. The second-order valence-electron chi connectivity index (χ2n) is 7.03. The van der Waals surface area contributed by atoms with Gasteiger partial charge in [0.25, 0.3) is 11.7 Å². The van der Waals surface area contributed by atoms with Crippen molar-refractivity contribution in [1.82, 2.24) is 0 Å². The van der Waals surface area contributed by atoms with Gasteiger partial charge in [0.2, 0.25) is 0 Å². The molecule has 0 aliphatic carbocycles. The predicted octanol–water partition coefficient (Wildman–Crippen LogP) is 4.92. The molecule has 0 saturated carbocycles. The molecule has 0 radical (unpaired) electrons. The minimum Gasteiger partial charge on any atom is -0.507 e. The van der Waals surface area contributed by atoms with E-state index in [4.69, 9.17) is 26.3 Å². The summed E-state index contributed by atoms with van der Waals surface area (Å²) in [7, 11) is 2.85. The van der Waals surface area contributed by atoms with Crippen molar-refractivity contribution in [2.45, 2.75) is 6.04 Å². The number of aliphatic hydroxyl groups is 1. The first kappa shape index (κ1) is 22.4. The lowest BCUT2D eigenvalue weighted by Crippen LogP contribution is -2.29. The van der Waals surface area contributed by atoms with E-state index in [2.05, 4.69) is 0 Å². The molecule has 4 rings (SSSR count). The van der Waals surface area contributed by atoms with Crippen molar-refractivity contribution < 1.29 is 24.2 Å². The van der Waals surface area contributed by atoms with Crippen molar-refractivity contribution in [1.29, 1.82) is 5.26 Å². The number of benzene rings is 2. The quantitative estimate of drug-likeness (QED) is 0.316. The first-order chi connectivity index (χ1) is 15.9. The van der Waals surface area contributed by atoms with Gasteiger partial charge in [-0.25, -0.2) is 0 Å². The van der Waals surface area contributed by atoms with Gasteiger partial charge in [0, 0.05) is 16.6 Å². The number of hydrogen-bond acceptors (Lipinski definition) is 7. The number of rotatable bonds is 5. The molecule has 1 saturated heterocycles. The lowest BCUT2D eigenvalue weighted by Gasteiger charge is -2.24. The Morgan fingerprint density at radius 2 is 1.82 bits per heavy atom. The van der Waals surface area contributed by atoms with Crippen LogP contribution >= 0.6 is 22.9 Å². The van der Waals surface area contributed by atoms with Crippen LogP contribution in [0.2, 0.25) is 5.02 Å². The third-order valence-electron chi connectivity index (χ3n) is 5.26. The van der Waals surface area contributed by atoms with Gasteiger partial charge < -0.3 is 14.6 Å². The Kier molecular flexibility index (Phi) is 6.09. The normalized spacial score (nSPS) is 17.2. The molecule has 1 aliphatic rings. The van der Waals surface area contributed by atoms with E-state index in [1.807, 2.05) is 11.4 Å². The summed E-state index contributed by atoms with van der Waals surface area (Å²) in [5.41, 5.74) is 0.905. The number of halogens is 1. The number of methoxy groups -OCH3 is 2. The lowest BCUT2D eigenvalue weighted by atomic mass is 9.99. The molecule has 0 bridgehead atoms. The minimum atomic E-state index is -0.872. The van der Waals surface area contributed by atoms with Gasteiger partial charge in [-0.1, -0.05) is 17.7 Å². The molecule has 2 aromatic carbocycles. The van der Waals surface area contributed by atoms with Gasteiger partial charge in [0.15, 0.2) is 0 Å². The largest absolute Gasteiger partial charge is 0.507 e. The van der Waals surface area contributed by atoms with Gasteiger partial charge in [-0.15, -0.1) is 11.3 Å². The molecule has 7 nitrogen and oxygen atoms in total. The number of ketones is 1. The second-order valence-corrected chi connectivity index (χ2v) is 8.42. The molecular formula is C24H17ClN2O5S. The molecule has 9 heteroatoms. The predicted molar refractivity (Wildman–Crippen MR) is 125 cm³/mol. The standard InChI is InChI=1S/C24H17ClN2O5S/c1-31-17-11-18(32-2)16(25)10-15(17)22(28)20-21(19-4-3-9-33-19)27(24(30)23(20)29)14-7-5-13(12-26)6-8-14/h3-11,21,28H,1-2H3/b22-20-. The van der Waals surface area contributed by atoms with E-state index in [1.165, 1.54) is 42.6 Å². The van der Waals surface area contributed by atoms with Gasteiger partial charge in [-0.2, -0.15) is 5.26 Å². The van der Waals surface area contributed by atoms with Crippen molar-refractivity contribution in [3.63, 3.8) is 0 Å². The average molecular weight is 481 g/mol. The molecule has 1 N–H and O–H groups in total. The number of nitriles is 1. The zero-order valence-electron chi connectivity index (χ0n) is 17.5. The van der Waals surface area contributed by atoms with Crippen LogP contribution < -0.4 is 14.4 Å². The summed E-state index contributed by atoms with van der Waals surface area (Å²) in [4.78, 5) is 28.3. The fraction of sp³-hybridized carbons (Fsp3) is 0.125. The lowest BCUT2D eigenvalue weighted by molar-refractivity contribution is -0.132. The highest BCUT2D eigenvalue weighted by molar-refractivity contribution is 7.10. The van der Waals surface area contributed by atoms with Crippen LogP contribution in [0.15, 0.2) is 59.5 Å². The number of aliphatic hydroxyl groups excluding tert-OH is 1. The van der Waals surface area contributed by atoms with Crippen molar-refractivity contribution >= 4 is 46.1 Å². The molecule has 33 heavy (non-hydrogen) atoms. The second kappa shape index (κ2) is 8.98. The highest BCUT2D eigenvalue weighted by Crippen LogP contribution is 2.45.